The summed E-state index contributed by atoms with van der Waals surface area (Å²) in [5, 5.41) is 3.08. The van der Waals surface area contributed by atoms with Gasteiger partial charge in [-0.2, -0.15) is 0 Å². The molecule has 1 amide bonds. The summed E-state index contributed by atoms with van der Waals surface area (Å²) >= 11 is 0. The highest BCUT2D eigenvalue weighted by Gasteiger charge is 2.39. The number of hydrogen-bond donors (Lipinski definition) is 1. The minimum Gasteiger partial charge on any atom is -0.497 e. The van der Waals surface area contributed by atoms with Crippen molar-refractivity contribution in [2.24, 2.45) is 0 Å². The molecule has 3 rings (SSSR count). The van der Waals surface area contributed by atoms with Crippen LogP contribution < -0.4 is 14.8 Å². The number of hydrogen-bond acceptors (Lipinski definition) is 3. The van der Waals surface area contributed by atoms with E-state index in [4.69, 9.17) is 9.47 Å². The van der Waals surface area contributed by atoms with Crippen molar-refractivity contribution in [3.05, 3.63) is 59.4 Å². The third kappa shape index (κ3) is 3.45. The van der Waals surface area contributed by atoms with Crippen LogP contribution in [-0.4, -0.2) is 20.1 Å². The van der Waals surface area contributed by atoms with Crippen molar-refractivity contribution >= 4 is 5.91 Å². The smallest absolute Gasteiger partial charge is 0.252 e. The summed E-state index contributed by atoms with van der Waals surface area (Å²) < 4.78 is 24.8. The minimum absolute atomic E-state index is 0.262. The van der Waals surface area contributed by atoms with Crippen LogP contribution in [0.5, 0.6) is 11.5 Å². The summed E-state index contributed by atoms with van der Waals surface area (Å²) in [7, 11) is 3.07. The second-order valence-electron chi connectivity index (χ2n) is 6.32. The maximum atomic E-state index is 14.4. The molecule has 132 valence electrons. The number of halogens is 1. The Morgan fingerprint density at radius 3 is 2.20 bits per heavy atom. The molecule has 0 unspecified atom stereocenters. The molecule has 1 saturated carbocycles. The van der Waals surface area contributed by atoms with Gasteiger partial charge < -0.3 is 14.8 Å². The summed E-state index contributed by atoms with van der Waals surface area (Å²) in [5.74, 6) is 0.530. The summed E-state index contributed by atoms with van der Waals surface area (Å²) in [4.78, 5) is 12.9. The third-order valence-corrected chi connectivity index (χ3v) is 4.81. The van der Waals surface area contributed by atoms with Crippen molar-refractivity contribution in [3.8, 4) is 11.5 Å². The van der Waals surface area contributed by atoms with Gasteiger partial charge in [-0.1, -0.05) is 31.0 Å². The summed E-state index contributed by atoms with van der Waals surface area (Å²) in [6.07, 6.45) is 3.35. The zero-order valence-corrected chi connectivity index (χ0v) is 14.5. The van der Waals surface area contributed by atoms with E-state index in [0.29, 0.717) is 22.6 Å². The van der Waals surface area contributed by atoms with Gasteiger partial charge in [0.1, 0.15) is 17.3 Å². The van der Waals surface area contributed by atoms with Crippen LogP contribution in [0.4, 0.5) is 4.39 Å². The van der Waals surface area contributed by atoms with E-state index in [1.54, 1.807) is 36.4 Å². The lowest BCUT2D eigenvalue weighted by Crippen LogP contribution is -2.44. The second-order valence-corrected chi connectivity index (χ2v) is 6.32. The first kappa shape index (κ1) is 17.3. The number of benzene rings is 2. The first-order valence-corrected chi connectivity index (χ1v) is 8.38. The van der Waals surface area contributed by atoms with Crippen molar-refractivity contribution in [2.45, 2.75) is 31.2 Å². The maximum Gasteiger partial charge on any atom is 0.252 e. The number of methoxy groups -OCH3 is 2. The number of carbonyl (C=O) groups excluding carboxylic acids is 1. The van der Waals surface area contributed by atoms with Crippen LogP contribution in [0.3, 0.4) is 0 Å². The lowest BCUT2D eigenvalue weighted by molar-refractivity contribution is 0.0895. The van der Waals surface area contributed by atoms with E-state index in [2.05, 4.69) is 5.32 Å². The number of ether oxygens (including phenoxy) is 2. The SMILES string of the molecule is COc1cc(OC)cc(C(=O)NC2(c3ccccc3F)CCCC2)c1. The molecule has 0 atom stereocenters. The zero-order chi connectivity index (χ0) is 17.9. The van der Waals surface area contributed by atoms with Crippen molar-refractivity contribution in [2.75, 3.05) is 14.2 Å². The van der Waals surface area contributed by atoms with Gasteiger partial charge in [-0.25, -0.2) is 4.39 Å². The first-order valence-electron chi connectivity index (χ1n) is 8.38. The molecule has 1 aliphatic rings. The Bertz CT molecular complexity index is 747. The minimum atomic E-state index is -0.668. The summed E-state index contributed by atoms with van der Waals surface area (Å²) in [6.45, 7) is 0. The van der Waals surface area contributed by atoms with E-state index in [1.165, 1.54) is 20.3 Å². The molecule has 0 bridgehead atoms. The second kappa shape index (κ2) is 7.13. The Morgan fingerprint density at radius 1 is 1.04 bits per heavy atom. The molecule has 1 aliphatic carbocycles. The van der Waals surface area contributed by atoms with Crippen LogP contribution in [0.15, 0.2) is 42.5 Å². The molecule has 4 nitrogen and oxygen atoms in total. The Morgan fingerprint density at radius 2 is 1.64 bits per heavy atom. The molecule has 2 aromatic carbocycles. The lowest BCUT2D eigenvalue weighted by Gasteiger charge is -2.31. The number of rotatable bonds is 5. The van der Waals surface area contributed by atoms with Crippen molar-refractivity contribution in [1.29, 1.82) is 0 Å². The standard InChI is InChI=1S/C20H22FNO3/c1-24-15-11-14(12-16(13-15)25-2)19(23)22-20(9-5-6-10-20)17-7-3-4-8-18(17)21/h3-4,7-8,11-13H,5-6,9-10H2,1-2H3,(H,22,23). The van der Waals surface area contributed by atoms with Gasteiger partial charge in [0.15, 0.2) is 0 Å². The van der Waals surface area contributed by atoms with Gasteiger partial charge in [0, 0.05) is 17.2 Å². The molecular formula is C20H22FNO3. The van der Waals surface area contributed by atoms with Crippen molar-refractivity contribution < 1.29 is 18.7 Å². The maximum absolute atomic E-state index is 14.4. The van der Waals surface area contributed by atoms with E-state index in [9.17, 15) is 9.18 Å². The molecule has 25 heavy (non-hydrogen) atoms. The Hall–Kier alpha value is -2.56. The summed E-state index contributed by atoms with van der Waals surface area (Å²) in [5.41, 5.74) is 0.313. The van der Waals surface area contributed by atoms with Gasteiger partial charge in [-0.05, 0) is 31.0 Å². The molecule has 0 heterocycles. The highest BCUT2D eigenvalue weighted by molar-refractivity contribution is 5.95. The van der Waals surface area contributed by atoms with Gasteiger partial charge in [-0.15, -0.1) is 0 Å². The van der Waals surface area contributed by atoms with Crippen LogP contribution in [0.2, 0.25) is 0 Å². The van der Waals surface area contributed by atoms with Gasteiger partial charge >= 0.3 is 0 Å². The molecule has 0 aromatic heterocycles. The average Bonchev–Trinajstić information content (AvgIpc) is 3.10. The van der Waals surface area contributed by atoms with Crippen LogP contribution in [0, 0.1) is 5.82 Å². The van der Waals surface area contributed by atoms with Gasteiger partial charge in [0.05, 0.1) is 19.8 Å². The Labute approximate surface area is 147 Å². The molecule has 0 spiro atoms. The number of nitrogens with one attached hydrogen (secondary N) is 1. The van der Waals surface area contributed by atoms with Crippen molar-refractivity contribution in [1.82, 2.24) is 5.32 Å². The van der Waals surface area contributed by atoms with Crippen LogP contribution >= 0.6 is 0 Å². The predicted molar refractivity (Wildman–Crippen MR) is 93.6 cm³/mol. The molecular weight excluding hydrogens is 321 g/mol. The van der Waals surface area contributed by atoms with E-state index >= 15 is 0 Å². The topological polar surface area (TPSA) is 47.6 Å². The van der Waals surface area contributed by atoms with E-state index in [-0.39, 0.29) is 11.7 Å². The fourth-order valence-corrected chi connectivity index (χ4v) is 3.52. The first-order chi connectivity index (χ1) is 12.1. The quantitative estimate of drug-likeness (QED) is 0.891. The predicted octanol–water partition coefficient (Wildman–Crippen LogP) is 4.04. The third-order valence-electron chi connectivity index (χ3n) is 4.81. The fraction of sp³-hybridized carbons (Fsp3) is 0.350. The largest absolute Gasteiger partial charge is 0.497 e. The molecule has 0 aliphatic heterocycles. The molecule has 1 fully saturated rings. The van der Waals surface area contributed by atoms with Crippen LogP contribution in [0.25, 0.3) is 0 Å². The average molecular weight is 343 g/mol. The molecule has 5 heteroatoms. The van der Waals surface area contributed by atoms with Crippen molar-refractivity contribution in [3.63, 3.8) is 0 Å². The van der Waals surface area contributed by atoms with E-state index in [1.807, 2.05) is 0 Å². The van der Waals surface area contributed by atoms with Crippen LogP contribution in [-0.2, 0) is 5.54 Å². The van der Waals surface area contributed by atoms with Gasteiger partial charge in [0.2, 0.25) is 0 Å². The number of carbonyl (C=O) groups is 1. The number of amides is 1. The van der Waals surface area contributed by atoms with E-state index < -0.39 is 5.54 Å². The Balaban J connectivity index is 1.94. The normalized spacial score (nSPS) is 15.6. The molecule has 0 saturated heterocycles. The molecule has 0 radical (unpaired) electrons. The highest BCUT2D eigenvalue weighted by Crippen LogP contribution is 2.40. The Kier molecular flexibility index (Phi) is 4.93. The van der Waals surface area contributed by atoms with Crippen LogP contribution in [0.1, 0.15) is 41.6 Å². The fourth-order valence-electron chi connectivity index (χ4n) is 3.52. The summed E-state index contributed by atoms with van der Waals surface area (Å²) in [6, 6.07) is 11.7. The zero-order valence-electron chi connectivity index (χ0n) is 14.5. The molecule has 2 aromatic rings. The van der Waals surface area contributed by atoms with E-state index in [0.717, 1.165) is 25.7 Å². The lowest BCUT2D eigenvalue weighted by atomic mass is 9.87. The van der Waals surface area contributed by atoms with Gasteiger partial charge in [0.25, 0.3) is 5.91 Å². The molecule has 1 N–H and O–H groups in total. The van der Waals surface area contributed by atoms with Gasteiger partial charge in [-0.3, -0.25) is 4.79 Å². The highest BCUT2D eigenvalue weighted by atomic mass is 19.1. The monoisotopic (exact) mass is 343 g/mol.